The third-order valence-corrected chi connectivity index (χ3v) is 5.57. The number of rotatable bonds is 3. The van der Waals surface area contributed by atoms with Crippen LogP contribution < -0.4 is 5.32 Å². The summed E-state index contributed by atoms with van der Waals surface area (Å²) in [4.78, 5) is 19.0. The quantitative estimate of drug-likeness (QED) is 0.856. The molecule has 1 aromatic heterocycles. The number of benzene rings is 1. The monoisotopic (exact) mass is 403 g/mol. The number of carbonyl (C=O) groups is 1. The minimum Gasteiger partial charge on any atom is -0.337 e. The highest BCUT2D eigenvalue weighted by Crippen LogP contribution is 2.27. The Morgan fingerprint density at radius 2 is 1.84 bits per heavy atom. The number of thiazole rings is 1. The number of nitrogens with one attached hydrogen (secondary N) is 1. The standard InChI is InChI=1S/C17H18FN3OS.2ClH/c18-14-3-1-11(2-4-14)5-16-20-15(10-23-16)17(22)21-8-12-6-19-7-13(12)9-21;;/h1-4,10,12-13,19H,5-9H2;2*1H/t12-,13+;;. The van der Waals surface area contributed by atoms with Crippen LogP contribution in [0.4, 0.5) is 4.39 Å². The smallest absolute Gasteiger partial charge is 0.273 e. The van der Waals surface area contributed by atoms with Gasteiger partial charge in [-0.1, -0.05) is 12.1 Å². The maximum Gasteiger partial charge on any atom is 0.273 e. The number of amides is 1. The maximum absolute atomic E-state index is 12.9. The van der Waals surface area contributed by atoms with Gasteiger partial charge < -0.3 is 10.2 Å². The summed E-state index contributed by atoms with van der Waals surface area (Å²) in [6.07, 6.45) is 0.632. The van der Waals surface area contributed by atoms with E-state index in [2.05, 4.69) is 10.3 Å². The lowest BCUT2D eigenvalue weighted by atomic mass is 10.0. The molecular formula is C17H20Cl2FN3OS. The molecule has 0 saturated carbocycles. The molecular weight excluding hydrogens is 384 g/mol. The van der Waals surface area contributed by atoms with E-state index < -0.39 is 0 Å². The van der Waals surface area contributed by atoms with Crippen molar-refractivity contribution in [1.29, 1.82) is 0 Å². The van der Waals surface area contributed by atoms with Crippen molar-refractivity contribution in [2.24, 2.45) is 11.8 Å². The summed E-state index contributed by atoms with van der Waals surface area (Å²) in [6.45, 7) is 3.70. The highest BCUT2D eigenvalue weighted by atomic mass is 35.5. The Hall–Kier alpha value is -1.21. The van der Waals surface area contributed by atoms with Gasteiger partial charge in [0.2, 0.25) is 0 Å². The topological polar surface area (TPSA) is 45.2 Å². The highest BCUT2D eigenvalue weighted by molar-refractivity contribution is 7.09. The Kier molecular flexibility index (Phi) is 6.79. The van der Waals surface area contributed by atoms with Crippen LogP contribution in [0.1, 0.15) is 21.1 Å². The van der Waals surface area contributed by atoms with E-state index in [4.69, 9.17) is 0 Å². The van der Waals surface area contributed by atoms with E-state index in [0.717, 1.165) is 36.8 Å². The van der Waals surface area contributed by atoms with Crippen molar-refractivity contribution < 1.29 is 9.18 Å². The van der Waals surface area contributed by atoms with E-state index in [0.29, 0.717) is 24.0 Å². The molecule has 2 aliphatic rings. The first-order valence-electron chi connectivity index (χ1n) is 7.88. The van der Waals surface area contributed by atoms with Gasteiger partial charge in [0.15, 0.2) is 0 Å². The fourth-order valence-corrected chi connectivity index (χ4v) is 4.25. The summed E-state index contributed by atoms with van der Waals surface area (Å²) in [7, 11) is 0. The molecule has 2 saturated heterocycles. The zero-order chi connectivity index (χ0) is 15.8. The van der Waals surface area contributed by atoms with Gasteiger partial charge in [0, 0.05) is 38.0 Å². The molecule has 2 aromatic rings. The van der Waals surface area contributed by atoms with E-state index in [1.165, 1.54) is 23.5 Å². The largest absolute Gasteiger partial charge is 0.337 e. The van der Waals surface area contributed by atoms with Gasteiger partial charge in [0.25, 0.3) is 5.91 Å². The van der Waals surface area contributed by atoms with Crippen LogP contribution >= 0.6 is 36.2 Å². The maximum atomic E-state index is 12.9. The van der Waals surface area contributed by atoms with Crippen LogP contribution in [0.2, 0.25) is 0 Å². The van der Waals surface area contributed by atoms with E-state index in [1.54, 1.807) is 12.1 Å². The first-order valence-corrected chi connectivity index (χ1v) is 8.76. The molecule has 2 fully saturated rings. The number of carbonyl (C=O) groups excluding carboxylic acids is 1. The fraction of sp³-hybridized carbons (Fsp3) is 0.412. The average molecular weight is 404 g/mol. The molecule has 0 aliphatic carbocycles. The summed E-state index contributed by atoms with van der Waals surface area (Å²) in [5.74, 6) is 0.992. The Morgan fingerprint density at radius 3 is 2.48 bits per heavy atom. The van der Waals surface area contributed by atoms with Crippen LogP contribution in [0.25, 0.3) is 0 Å². The number of hydrogen-bond donors (Lipinski definition) is 1. The minimum absolute atomic E-state index is 0. The average Bonchev–Trinajstić information content (AvgIpc) is 3.24. The van der Waals surface area contributed by atoms with E-state index >= 15 is 0 Å². The third kappa shape index (κ3) is 4.31. The number of nitrogens with zero attached hydrogens (tertiary/aromatic N) is 2. The van der Waals surface area contributed by atoms with Crippen molar-refractivity contribution in [1.82, 2.24) is 15.2 Å². The summed E-state index contributed by atoms with van der Waals surface area (Å²) in [5.41, 5.74) is 1.54. The van der Waals surface area contributed by atoms with Crippen molar-refractivity contribution in [2.75, 3.05) is 26.2 Å². The van der Waals surface area contributed by atoms with Crippen LogP contribution in [0.15, 0.2) is 29.6 Å². The summed E-state index contributed by atoms with van der Waals surface area (Å²) in [5, 5.41) is 6.11. The molecule has 2 atom stereocenters. The molecule has 136 valence electrons. The molecule has 25 heavy (non-hydrogen) atoms. The van der Waals surface area contributed by atoms with E-state index in [1.807, 2.05) is 10.3 Å². The minimum atomic E-state index is -0.238. The molecule has 2 aliphatic heterocycles. The molecule has 1 aromatic carbocycles. The molecule has 0 unspecified atom stereocenters. The zero-order valence-corrected chi connectivity index (χ0v) is 15.9. The van der Waals surface area contributed by atoms with Gasteiger partial charge in [0.1, 0.15) is 11.5 Å². The molecule has 4 rings (SSSR count). The lowest BCUT2D eigenvalue weighted by molar-refractivity contribution is 0.0776. The normalized spacial score (nSPS) is 21.4. The van der Waals surface area contributed by atoms with Crippen LogP contribution in [-0.4, -0.2) is 42.0 Å². The lowest BCUT2D eigenvalue weighted by Gasteiger charge is -2.15. The Balaban J connectivity index is 0.00000113. The van der Waals surface area contributed by atoms with Gasteiger partial charge in [-0.15, -0.1) is 36.2 Å². The lowest BCUT2D eigenvalue weighted by Crippen LogP contribution is -2.32. The molecule has 8 heteroatoms. The van der Waals surface area contributed by atoms with Gasteiger partial charge in [-0.3, -0.25) is 4.79 Å². The van der Waals surface area contributed by atoms with Gasteiger partial charge in [0.05, 0.1) is 5.01 Å². The molecule has 0 bridgehead atoms. The molecule has 4 nitrogen and oxygen atoms in total. The number of likely N-dealkylation sites (tertiary alicyclic amines) is 1. The first-order chi connectivity index (χ1) is 11.2. The van der Waals surface area contributed by atoms with Crippen LogP contribution in [0, 0.1) is 17.7 Å². The zero-order valence-electron chi connectivity index (χ0n) is 13.5. The van der Waals surface area contributed by atoms with E-state index in [-0.39, 0.29) is 36.5 Å². The van der Waals surface area contributed by atoms with Gasteiger partial charge in [-0.05, 0) is 29.5 Å². The van der Waals surface area contributed by atoms with Crippen molar-refractivity contribution in [3.63, 3.8) is 0 Å². The summed E-state index contributed by atoms with van der Waals surface area (Å²) >= 11 is 1.49. The second kappa shape index (κ2) is 8.45. The van der Waals surface area contributed by atoms with Gasteiger partial charge in [-0.2, -0.15) is 0 Å². The second-order valence-electron chi connectivity index (χ2n) is 6.32. The summed E-state index contributed by atoms with van der Waals surface area (Å²) < 4.78 is 12.9. The first kappa shape index (κ1) is 20.1. The van der Waals surface area contributed by atoms with Crippen molar-refractivity contribution in [3.05, 3.63) is 51.7 Å². The van der Waals surface area contributed by atoms with Gasteiger partial charge in [-0.25, -0.2) is 9.37 Å². The molecule has 3 heterocycles. The van der Waals surface area contributed by atoms with Crippen molar-refractivity contribution in [2.45, 2.75) is 6.42 Å². The Bertz CT molecular complexity index is 713. The van der Waals surface area contributed by atoms with E-state index in [9.17, 15) is 9.18 Å². The van der Waals surface area contributed by atoms with Crippen molar-refractivity contribution >= 4 is 42.1 Å². The Morgan fingerprint density at radius 1 is 1.20 bits per heavy atom. The highest BCUT2D eigenvalue weighted by Gasteiger charge is 2.38. The number of aromatic nitrogens is 1. The molecule has 0 spiro atoms. The SMILES string of the molecule is Cl.Cl.O=C(c1csc(Cc2ccc(F)cc2)n1)N1C[C@H]2CNC[C@H]2C1. The van der Waals surface area contributed by atoms with Crippen LogP contribution in [0.5, 0.6) is 0 Å². The summed E-state index contributed by atoms with van der Waals surface area (Å²) in [6, 6.07) is 6.41. The van der Waals surface area contributed by atoms with Gasteiger partial charge >= 0.3 is 0 Å². The number of halogens is 3. The third-order valence-electron chi connectivity index (χ3n) is 4.72. The fourth-order valence-electron chi connectivity index (χ4n) is 3.45. The van der Waals surface area contributed by atoms with Crippen molar-refractivity contribution in [3.8, 4) is 0 Å². The van der Waals surface area contributed by atoms with Crippen LogP contribution in [-0.2, 0) is 6.42 Å². The predicted molar refractivity (Wildman–Crippen MR) is 102 cm³/mol. The second-order valence-corrected chi connectivity index (χ2v) is 7.26. The molecule has 1 amide bonds. The molecule has 0 radical (unpaired) electrons. The number of hydrogen-bond acceptors (Lipinski definition) is 4. The predicted octanol–water partition coefficient (Wildman–Crippen LogP) is 3.01. The van der Waals surface area contributed by atoms with Crippen LogP contribution in [0.3, 0.4) is 0 Å². The Labute approximate surface area is 162 Å². The number of fused-ring (bicyclic) bond motifs is 1. The molecule has 1 N–H and O–H groups in total.